The highest BCUT2D eigenvalue weighted by molar-refractivity contribution is 14.1. The van der Waals surface area contributed by atoms with Crippen LogP contribution in [0, 0.1) is 3.57 Å². The number of carboxylic acid groups (broad SMARTS) is 3. The van der Waals surface area contributed by atoms with E-state index in [9.17, 15) is 29.1 Å². The van der Waals surface area contributed by atoms with Gasteiger partial charge in [-0.25, -0.2) is 14.4 Å². The largest absolute Gasteiger partial charge is 0.481 e. The van der Waals surface area contributed by atoms with E-state index >= 15 is 0 Å². The first-order valence-electron chi connectivity index (χ1n) is 9.76. The minimum atomic E-state index is -1.47. The zero-order chi connectivity index (χ0) is 24.3. The third-order valence-corrected chi connectivity index (χ3v) is 5.15. The van der Waals surface area contributed by atoms with E-state index in [1.54, 1.807) is 6.92 Å². The van der Waals surface area contributed by atoms with Crippen molar-refractivity contribution in [3.63, 3.8) is 0 Å². The lowest BCUT2D eigenvalue weighted by molar-refractivity contribution is -0.141. The molecule has 6 N–H and O–H groups in total. The van der Waals surface area contributed by atoms with E-state index in [1.165, 1.54) is 0 Å². The van der Waals surface area contributed by atoms with E-state index in [1.807, 2.05) is 24.3 Å². The van der Waals surface area contributed by atoms with Crippen molar-refractivity contribution in [3.05, 3.63) is 33.4 Å². The third kappa shape index (κ3) is 10.9. The lowest BCUT2D eigenvalue weighted by atomic mass is 10.1. The van der Waals surface area contributed by atoms with E-state index in [-0.39, 0.29) is 37.6 Å². The molecule has 3 atom stereocenters. The molecule has 1 aromatic carbocycles. The summed E-state index contributed by atoms with van der Waals surface area (Å²) in [7, 11) is 0. The summed E-state index contributed by atoms with van der Waals surface area (Å²) in [6.45, 7) is 1.71. The molecule has 1 unspecified atom stereocenters. The van der Waals surface area contributed by atoms with E-state index in [4.69, 9.17) is 10.2 Å². The zero-order valence-electron chi connectivity index (χ0n) is 17.3. The van der Waals surface area contributed by atoms with Crippen LogP contribution < -0.4 is 16.0 Å². The lowest BCUT2D eigenvalue weighted by Gasteiger charge is -2.20. The molecule has 12 heteroatoms. The van der Waals surface area contributed by atoms with Gasteiger partial charge in [0.15, 0.2) is 0 Å². The number of urea groups is 1. The molecule has 32 heavy (non-hydrogen) atoms. The Morgan fingerprint density at radius 2 is 1.38 bits per heavy atom. The number of halogens is 1. The summed E-state index contributed by atoms with van der Waals surface area (Å²) < 4.78 is 1.05. The van der Waals surface area contributed by atoms with Gasteiger partial charge in [0, 0.05) is 16.0 Å². The molecule has 0 heterocycles. The molecule has 176 valence electrons. The Labute approximate surface area is 198 Å². The minimum Gasteiger partial charge on any atom is -0.481 e. The Morgan fingerprint density at radius 3 is 1.88 bits per heavy atom. The standard InChI is InChI=1S/C20H26IN3O8/c1-11(22-16(25)10-12-3-5-13(21)6-4-12)2-7-14(18(28)29)23-20(32)24-15(19(30)31)8-9-17(26)27/h3-6,11,14-15H,2,7-10H2,1H3,(H,22,25)(H,26,27)(H,28,29)(H,30,31)(H2,23,24,32)/t11?,14-,15-/m0/s1. The number of benzene rings is 1. The maximum absolute atomic E-state index is 12.2. The van der Waals surface area contributed by atoms with Crippen molar-refractivity contribution in [1.29, 1.82) is 0 Å². The molecule has 0 saturated heterocycles. The smallest absolute Gasteiger partial charge is 0.326 e. The quantitative estimate of drug-likeness (QED) is 0.194. The molecule has 0 spiro atoms. The van der Waals surface area contributed by atoms with Gasteiger partial charge in [0.1, 0.15) is 12.1 Å². The van der Waals surface area contributed by atoms with Crippen molar-refractivity contribution in [3.8, 4) is 0 Å². The number of hydrogen-bond acceptors (Lipinski definition) is 5. The van der Waals surface area contributed by atoms with E-state index in [0.717, 1.165) is 9.13 Å². The van der Waals surface area contributed by atoms with Gasteiger partial charge < -0.3 is 31.3 Å². The van der Waals surface area contributed by atoms with Crippen LogP contribution in [0.3, 0.4) is 0 Å². The van der Waals surface area contributed by atoms with Gasteiger partial charge >= 0.3 is 23.9 Å². The highest BCUT2D eigenvalue weighted by Gasteiger charge is 2.25. The first-order chi connectivity index (χ1) is 15.0. The number of amides is 3. The summed E-state index contributed by atoms with van der Waals surface area (Å²) >= 11 is 2.16. The predicted molar refractivity (Wildman–Crippen MR) is 121 cm³/mol. The first kappa shape index (κ1) is 27.1. The number of carbonyl (C=O) groups excluding carboxylic acids is 2. The Bertz CT molecular complexity index is 831. The Kier molecular flexibility index (Phi) is 11.4. The number of hydrogen-bond donors (Lipinski definition) is 6. The fraction of sp³-hybridized carbons (Fsp3) is 0.450. The van der Waals surface area contributed by atoms with Crippen LogP contribution in [0.4, 0.5) is 4.79 Å². The molecule has 0 aliphatic heterocycles. The molecule has 0 fully saturated rings. The summed E-state index contributed by atoms with van der Waals surface area (Å²) in [4.78, 5) is 57.3. The highest BCUT2D eigenvalue weighted by Crippen LogP contribution is 2.08. The fourth-order valence-corrected chi connectivity index (χ4v) is 3.10. The van der Waals surface area contributed by atoms with Crippen LogP contribution in [0.2, 0.25) is 0 Å². The maximum Gasteiger partial charge on any atom is 0.326 e. The number of nitrogens with one attached hydrogen (secondary N) is 3. The molecule has 0 aliphatic rings. The Morgan fingerprint density at radius 1 is 0.844 bits per heavy atom. The van der Waals surface area contributed by atoms with Crippen LogP contribution in [-0.2, 0) is 25.6 Å². The normalized spacial score (nSPS) is 13.3. The molecular formula is C20H26IN3O8. The number of aliphatic carboxylic acids is 3. The van der Waals surface area contributed by atoms with E-state index < -0.39 is 42.4 Å². The average Bonchev–Trinajstić information content (AvgIpc) is 2.69. The van der Waals surface area contributed by atoms with Crippen LogP contribution >= 0.6 is 22.6 Å². The monoisotopic (exact) mass is 563 g/mol. The van der Waals surface area contributed by atoms with Crippen molar-refractivity contribution in [2.75, 3.05) is 0 Å². The fourth-order valence-electron chi connectivity index (χ4n) is 2.74. The van der Waals surface area contributed by atoms with Crippen molar-refractivity contribution >= 4 is 52.4 Å². The summed E-state index contributed by atoms with van der Waals surface area (Å²) in [5, 5.41) is 34.0. The molecule has 1 rings (SSSR count). The summed E-state index contributed by atoms with van der Waals surface area (Å²) in [6, 6.07) is 3.27. The van der Waals surface area contributed by atoms with Crippen LogP contribution in [0.1, 0.15) is 38.2 Å². The second kappa shape index (κ2) is 13.5. The molecule has 1 aromatic rings. The van der Waals surface area contributed by atoms with Crippen molar-refractivity contribution in [2.24, 2.45) is 0 Å². The second-order valence-corrected chi connectivity index (χ2v) is 8.43. The number of rotatable bonds is 13. The molecule has 11 nitrogen and oxygen atoms in total. The molecule has 0 aromatic heterocycles. The minimum absolute atomic E-state index is 0.0133. The zero-order valence-corrected chi connectivity index (χ0v) is 19.5. The van der Waals surface area contributed by atoms with Gasteiger partial charge in [0.05, 0.1) is 6.42 Å². The Balaban J connectivity index is 2.52. The number of carbonyl (C=O) groups is 5. The van der Waals surface area contributed by atoms with Crippen molar-refractivity contribution in [1.82, 2.24) is 16.0 Å². The highest BCUT2D eigenvalue weighted by atomic mass is 127. The summed E-state index contributed by atoms with van der Waals surface area (Å²) in [5.74, 6) is -4.20. The van der Waals surface area contributed by atoms with Crippen LogP contribution in [0.25, 0.3) is 0 Å². The van der Waals surface area contributed by atoms with Crippen LogP contribution in [-0.4, -0.2) is 63.3 Å². The van der Waals surface area contributed by atoms with Gasteiger partial charge in [-0.1, -0.05) is 12.1 Å². The van der Waals surface area contributed by atoms with Gasteiger partial charge in [-0.05, 0) is 66.5 Å². The summed E-state index contributed by atoms with van der Waals surface area (Å²) in [6.07, 6.45) is -0.409. The van der Waals surface area contributed by atoms with Gasteiger partial charge in [-0.2, -0.15) is 0 Å². The van der Waals surface area contributed by atoms with E-state index in [2.05, 4.69) is 38.5 Å². The van der Waals surface area contributed by atoms with Crippen molar-refractivity contribution in [2.45, 2.75) is 57.2 Å². The first-order valence-corrected chi connectivity index (χ1v) is 10.8. The van der Waals surface area contributed by atoms with Gasteiger partial charge in [-0.3, -0.25) is 9.59 Å². The topological polar surface area (TPSA) is 182 Å². The van der Waals surface area contributed by atoms with Crippen LogP contribution in [0.15, 0.2) is 24.3 Å². The number of carboxylic acids is 3. The van der Waals surface area contributed by atoms with Crippen molar-refractivity contribution < 1.29 is 39.3 Å². The molecule has 0 radical (unpaired) electrons. The van der Waals surface area contributed by atoms with E-state index in [0.29, 0.717) is 0 Å². The molecule has 0 bridgehead atoms. The summed E-state index contributed by atoms with van der Waals surface area (Å²) in [5.41, 5.74) is 0.841. The van der Waals surface area contributed by atoms with Gasteiger partial charge in [-0.15, -0.1) is 0 Å². The third-order valence-electron chi connectivity index (χ3n) is 4.43. The molecule has 3 amide bonds. The SMILES string of the molecule is CC(CC[C@H](NC(=O)N[C@@H](CCC(=O)O)C(=O)O)C(=O)O)NC(=O)Cc1ccc(I)cc1. The maximum atomic E-state index is 12.2. The molecular weight excluding hydrogens is 537 g/mol. The Hall–Kier alpha value is -2.90. The van der Waals surface area contributed by atoms with Crippen LogP contribution in [0.5, 0.6) is 0 Å². The molecule has 0 saturated carbocycles. The second-order valence-electron chi connectivity index (χ2n) is 7.18. The predicted octanol–water partition coefficient (Wildman–Crippen LogP) is 1.19. The molecule has 0 aliphatic carbocycles. The lowest BCUT2D eigenvalue weighted by Crippen LogP contribution is -2.51. The average molecular weight is 563 g/mol. The van der Waals surface area contributed by atoms with Gasteiger partial charge in [0.2, 0.25) is 5.91 Å². The van der Waals surface area contributed by atoms with Gasteiger partial charge in [0.25, 0.3) is 0 Å².